The van der Waals surface area contributed by atoms with Gasteiger partial charge in [-0.3, -0.25) is 0 Å². The van der Waals surface area contributed by atoms with E-state index in [0.29, 0.717) is 11.5 Å². The summed E-state index contributed by atoms with van der Waals surface area (Å²) in [5.41, 5.74) is 1.20. The summed E-state index contributed by atoms with van der Waals surface area (Å²) in [6, 6.07) is 6.94. The van der Waals surface area contributed by atoms with Crippen LogP contribution in [-0.4, -0.2) is 38.0 Å². The van der Waals surface area contributed by atoms with Crippen LogP contribution in [0.1, 0.15) is 12.5 Å². The lowest BCUT2D eigenvalue weighted by atomic mass is 10.1. The van der Waals surface area contributed by atoms with Crippen LogP contribution in [0.2, 0.25) is 0 Å². The molecule has 0 amide bonds. The lowest BCUT2D eigenvalue weighted by Crippen LogP contribution is -2.12. The Morgan fingerprint density at radius 1 is 1.47 bits per heavy atom. The molecule has 1 aromatic carbocycles. The molecule has 0 aliphatic carbocycles. The highest BCUT2D eigenvalue weighted by molar-refractivity contribution is 7.90. The van der Waals surface area contributed by atoms with Crippen molar-refractivity contribution in [3.63, 3.8) is 0 Å². The molecule has 0 bridgehead atoms. The van der Waals surface area contributed by atoms with Gasteiger partial charge in [0.2, 0.25) is 0 Å². The molecule has 1 rings (SSSR count). The van der Waals surface area contributed by atoms with Crippen molar-refractivity contribution in [3.8, 4) is 5.75 Å². The summed E-state index contributed by atoms with van der Waals surface area (Å²) in [7, 11) is -3.01. The molecule has 5 nitrogen and oxygen atoms in total. The molecule has 0 aliphatic rings. The van der Waals surface area contributed by atoms with Gasteiger partial charge in [-0.15, -0.1) is 0 Å². The van der Waals surface area contributed by atoms with Crippen LogP contribution in [0, 0.1) is 0 Å². The van der Waals surface area contributed by atoms with E-state index in [1.165, 1.54) is 0 Å². The molecule has 0 saturated heterocycles. The molecule has 0 aromatic heterocycles. The summed E-state index contributed by atoms with van der Waals surface area (Å²) in [4.78, 5) is 0. The number of benzene rings is 1. The number of rotatable bonds is 5. The third-order valence-corrected chi connectivity index (χ3v) is 3.03. The van der Waals surface area contributed by atoms with Crippen molar-refractivity contribution in [1.29, 1.82) is 0 Å². The van der Waals surface area contributed by atoms with Crippen molar-refractivity contribution in [2.24, 2.45) is 5.16 Å². The van der Waals surface area contributed by atoms with Crippen molar-refractivity contribution in [1.82, 2.24) is 0 Å². The van der Waals surface area contributed by atoms with Gasteiger partial charge in [0, 0.05) is 11.8 Å². The highest BCUT2D eigenvalue weighted by Crippen LogP contribution is 2.14. The summed E-state index contributed by atoms with van der Waals surface area (Å²) in [6.07, 6.45) is 1.16. The molecule has 0 fully saturated rings. The average molecular weight is 257 g/mol. The fourth-order valence-electron chi connectivity index (χ4n) is 1.18. The van der Waals surface area contributed by atoms with E-state index in [1.807, 2.05) is 0 Å². The molecule has 0 atom stereocenters. The van der Waals surface area contributed by atoms with E-state index in [-0.39, 0.29) is 12.4 Å². The topological polar surface area (TPSA) is 76.0 Å². The molecule has 0 unspecified atom stereocenters. The normalized spacial score (nSPS) is 12.5. The van der Waals surface area contributed by atoms with Crippen molar-refractivity contribution < 1.29 is 18.4 Å². The summed E-state index contributed by atoms with van der Waals surface area (Å²) >= 11 is 0. The maximum absolute atomic E-state index is 10.9. The minimum absolute atomic E-state index is 0.0235. The quantitative estimate of drug-likeness (QED) is 0.490. The summed E-state index contributed by atoms with van der Waals surface area (Å²) in [5, 5.41) is 11.7. The monoisotopic (exact) mass is 257 g/mol. The molecule has 1 N–H and O–H groups in total. The van der Waals surface area contributed by atoms with Crippen molar-refractivity contribution in [2.75, 3.05) is 18.6 Å². The van der Waals surface area contributed by atoms with E-state index in [4.69, 9.17) is 9.94 Å². The van der Waals surface area contributed by atoms with Crippen LogP contribution in [-0.2, 0) is 9.84 Å². The molecule has 0 heterocycles. The zero-order valence-corrected chi connectivity index (χ0v) is 10.6. The van der Waals surface area contributed by atoms with Gasteiger partial charge in [0.05, 0.1) is 11.5 Å². The molecule has 0 spiro atoms. The van der Waals surface area contributed by atoms with Crippen LogP contribution in [0.3, 0.4) is 0 Å². The smallest absolute Gasteiger partial charge is 0.150 e. The van der Waals surface area contributed by atoms with Gasteiger partial charge in [0.25, 0.3) is 0 Å². The first-order valence-electron chi connectivity index (χ1n) is 5.02. The standard InChI is InChI=1S/C11H15NO4S/c1-9(12-13)10-4-3-5-11(8-10)16-6-7-17(2,14)15/h3-5,8,13H,6-7H2,1-2H3/b12-9+. The Morgan fingerprint density at radius 2 is 2.18 bits per heavy atom. The number of hydrogen-bond acceptors (Lipinski definition) is 5. The van der Waals surface area contributed by atoms with Gasteiger partial charge in [-0.05, 0) is 19.1 Å². The Kier molecular flexibility index (Phi) is 4.51. The van der Waals surface area contributed by atoms with Crippen LogP contribution < -0.4 is 4.74 Å². The molecule has 17 heavy (non-hydrogen) atoms. The van der Waals surface area contributed by atoms with Gasteiger partial charge in [-0.1, -0.05) is 17.3 Å². The fraction of sp³-hybridized carbons (Fsp3) is 0.364. The first-order valence-corrected chi connectivity index (χ1v) is 7.08. The number of oxime groups is 1. The Bertz CT molecular complexity index is 508. The third-order valence-electron chi connectivity index (χ3n) is 2.12. The van der Waals surface area contributed by atoms with E-state index >= 15 is 0 Å². The van der Waals surface area contributed by atoms with Gasteiger partial charge < -0.3 is 9.94 Å². The van der Waals surface area contributed by atoms with Gasteiger partial charge >= 0.3 is 0 Å². The zero-order valence-electron chi connectivity index (χ0n) is 9.75. The van der Waals surface area contributed by atoms with Crippen LogP contribution in [0.15, 0.2) is 29.4 Å². The molecular formula is C11H15NO4S. The second-order valence-corrected chi connectivity index (χ2v) is 5.95. The number of nitrogens with zero attached hydrogens (tertiary/aromatic N) is 1. The Morgan fingerprint density at radius 3 is 2.76 bits per heavy atom. The fourth-order valence-corrected chi connectivity index (χ4v) is 1.57. The summed E-state index contributed by atoms with van der Waals surface area (Å²) in [6.45, 7) is 1.77. The van der Waals surface area contributed by atoms with Gasteiger partial charge in [0.1, 0.15) is 12.4 Å². The second-order valence-electron chi connectivity index (χ2n) is 3.69. The highest BCUT2D eigenvalue weighted by atomic mass is 32.2. The van der Waals surface area contributed by atoms with Crippen LogP contribution in [0.25, 0.3) is 0 Å². The average Bonchev–Trinajstić information content (AvgIpc) is 2.27. The van der Waals surface area contributed by atoms with E-state index in [0.717, 1.165) is 11.8 Å². The molecular weight excluding hydrogens is 242 g/mol. The van der Waals surface area contributed by atoms with Crippen molar-refractivity contribution in [2.45, 2.75) is 6.92 Å². The molecule has 94 valence electrons. The maximum Gasteiger partial charge on any atom is 0.150 e. The predicted octanol–water partition coefficient (Wildman–Crippen LogP) is 1.31. The third kappa shape index (κ3) is 4.86. The Balaban J connectivity index is 2.67. The molecule has 0 radical (unpaired) electrons. The minimum Gasteiger partial charge on any atom is -0.493 e. The lowest BCUT2D eigenvalue weighted by molar-refractivity contribution is 0.319. The van der Waals surface area contributed by atoms with Crippen molar-refractivity contribution >= 4 is 15.5 Å². The largest absolute Gasteiger partial charge is 0.493 e. The predicted molar refractivity (Wildman–Crippen MR) is 65.6 cm³/mol. The van der Waals surface area contributed by atoms with E-state index in [2.05, 4.69) is 5.16 Å². The maximum atomic E-state index is 10.9. The highest BCUT2D eigenvalue weighted by Gasteiger charge is 2.04. The number of ether oxygens (including phenoxy) is 1. The van der Waals surface area contributed by atoms with Crippen LogP contribution in [0.4, 0.5) is 0 Å². The first-order chi connectivity index (χ1) is 7.92. The van der Waals surface area contributed by atoms with Gasteiger partial charge in [-0.25, -0.2) is 8.42 Å². The van der Waals surface area contributed by atoms with E-state index < -0.39 is 9.84 Å². The number of sulfone groups is 1. The van der Waals surface area contributed by atoms with Crippen LogP contribution >= 0.6 is 0 Å². The lowest BCUT2D eigenvalue weighted by Gasteiger charge is -2.06. The Hall–Kier alpha value is -1.56. The van der Waals surface area contributed by atoms with E-state index in [1.54, 1.807) is 31.2 Å². The SMILES string of the molecule is C/C(=N\O)c1cccc(OCCS(C)(=O)=O)c1. The van der Waals surface area contributed by atoms with Gasteiger partial charge in [-0.2, -0.15) is 0 Å². The first kappa shape index (κ1) is 13.5. The molecule has 6 heteroatoms. The van der Waals surface area contributed by atoms with Crippen LogP contribution in [0.5, 0.6) is 5.75 Å². The van der Waals surface area contributed by atoms with Crippen molar-refractivity contribution in [3.05, 3.63) is 29.8 Å². The van der Waals surface area contributed by atoms with Gasteiger partial charge in [0.15, 0.2) is 9.84 Å². The minimum atomic E-state index is -3.01. The molecule has 0 aliphatic heterocycles. The molecule has 1 aromatic rings. The Labute approximate surface area is 101 Å². The zero-order chi connectivity index (χ0) is 12.9. The number of hydrogen-bond donors (Lipinski definition) is 1. The molecule has 0 saturated carbocycles. The summed E-state index contributed by atoms with van der Waals surface area (Å²) in [5.74, 6) is 0.527. The second kappa shape index (κ2) is 5.67. The summed E-state index contributed by atoms with van der Waals surface area (Å²) < 4.78 is 27.1. The van der Waals surface area contributed by atoms with E-state index in [9.17, 15) is 8.42 Å².